The highest BCUT2D eigenvalue weighted by Crippen LogP contribution is 2.23. The van der Waals surface area contributed by atoms with Crippen LogP contribution in [0.3, 0.4) is 0 Å². The molecule has 0 heterocycles. The minimum Gasteiger partial charge on any atom is -0.280 e. The summed E-state index contributed by atoms with van der Waals surface area (Å²) in [6.45, 7) is 1.55. The monoisotopic (exact) mass is 376 g/mol. The Morgan fingerprint density at radius 1 is 0.875 bits per heavy atom. The van der Waals surface area contributed by atoms with Crippen molar-refractivity contribution in [3.05, 3.63) is 53.6 Å². The van der Waals surface area contributed by atoms with E-state index in [1.165, 1.54) is 19.2 Å². The standard InChI is InChI=1S/C14H14F2N2O4S2/c1-9-3-4-10(7-14(9)24(21,22)17-2)18-23(19,20)11-5-6-12(15)13(16)8-11/h3-8,17-18H,1-2H3. The van der Waals surface area contributed by atoms with Gasteiger partial charge in [-0.05, 0) is 49.9 Å². The molecule has 2 rings (SSSR count). The van der Waals surface area contributed by atoms with Crippen LogP contribution in [0.15, 0.2) is 46.2 Å². The zero-order chi connectivity index (χ0) is 18.1. The van der Waals surface area contributed by atoms with E-state index in [1.807, 2.05) is 0 Å². The smallest absolute Gasteiger partial charge is 0.261 e. The van der Waals surface area contributed by atoms with E-state index >= 15 is 0 Å². The van der Waals surface area contributed by atoms with Gasteiger partial charge in [0.2, 0.25) is 10.0 Å². The van der Waals surface area contributed by atoms with Gasteiger partial charge in [0.25, 0.3) is 10.0 Å². The number of rotatable bonds is 5. The van der Waals surface area contributed by atoms with E-state index in [9.17, 15) is 25.6 Å². The molecule has 24 heavy (non-hydrogen) atoms. The molecule has 0 aliphatic heterocycles. The summed E-state index contributed by atoms with van der Waals surface area (Å²) in [6, 6.07) is 6.06. The van der Waals surface area contributed by atoms with Crippen molar-refractivity contribution in [3.8, 4) is 0 Å². The van der Waals surface area contributed by atoms with Gasteiger partial charge in [-0.15, -0.1) is 0 Å². The molecule has 0 aromatic heterocycles. The van der Waals surface area contributed by atoms with Crippen molar-refractivity contribution < 1.29 is 25.6 Å². The van der Waals surface area contributed by atoms with Gasteiger partial charge in [0.05, 0.1) is 15.5 Å². The summed E-state index contributed by atoms with van der Waals surface area (Å²) >= 11 is 0. The predicted octanol–water partition coefficient (Wildman–Crippen LogP) is 1.98. The lowest BCUT2D eigenvalue weighted by atomic mass is 10.2. The van der Waals surface area contributed by atoms with Crippen LogP contribution in [0.1, 0.15) is 5.56 Å². The van der Waals surface area contributed by atoms with Gasteiger partial charge < -0.3 is 0 Å². The van der Waals surface area contributed by atoms with Crippen molar-refractivity contribution in [1.29, 1.82) is 0 Å². The van der Waals surface area contributed by atoms with Gasteiger partial charge in [-0.3, -0.25) is 4.72 Å². The first-order valence-corrected chi connectivity index (χ1v) is 9.55. The topological polar surface area (TPSA) is 92.3 Å². The van der Waals surface area contributed by atoms with E-state index in [0.717, 1.165) is 12.1 Å². The number of nitrogens with one attached hydrogen (secondary N) is 2. The molecule has 10 heteroatoms. The van der Waals surface area contributed by atoms with Gasteiger partial charge in [-0.25, -0.2) is 30.3 Å². The van der Waals surface area contributed by atoms with Crippen molar-refractivity contribution in [2.24, 2.45) is 0 Å². The van der Waals surface area contributed by atoms with E-state index in [0.29, 0.717) is 17.7 Å². The lowest BCUT2D eigenvalue weighted by molar-refractivity contribution is 0.504. The molecule has 2 N–H and O–H groups in total. The summed E-state index contributed by atoms with van der Waals surface area (Å²) in [6.07, 6.45) is 0. The van der Waals surface area contributed by atoms with E-state index in [2.05, 4.69) is 9.44 Å². The largest absolute Gasteiger partial charge is 0.280 e. The number of aryl methyl sites for hydroxylation is 1. The van der Waals surface area contributed by atoms with Gasteiger partial charge >= 0.3 is 0 Å². The Morgan fingerprint density at radius 3 is 2.12 bits per heavy atom. The van der Waals surface area contributed by atoms with E-state index < -0.39 is 36.6 Å². The molecular weight excluding hydrogens is 362 g/mol. The lowest BCUT2D eigenvalue weighted by Gasteiger charge is -2.12. The molecule has 0 amide bonds. The molecule has 0 atom stereocenters. The third kappa shape index (κ3) is 3.71. The lowest BCUT2D eigenvalue weighted by Crippen LogP contribution is -2.20. The maximum Gasteiger partial charge on any atom is 0.261 e. The predicted molar refractivity (Wildman–Crippen MR) is 84.6 cm³/mol. The summed E-state index contributed by atoms with van der Waals surface area (Å²) < 4.78 is 78.7. The van der Waals surface area contributed by atoms with E-state index in [-0.39, 0.29) is 10.6 Å². The first kappa shape index (κ1) is 18.3. The molecule has 0 bridgehead atoms. The molecule has 130 valence electrons. The minimum atomic E-state index is -4.21. The van der Waals surface area contributed by atoms with Crippen LogP contribution in [0, 0.1) is 18.6 Å². The molecule has 0 unspecified atom stereocenters. The fraction of sp³-hybridized carbons (Fsp3) is 0.143. The van der Waals surface area contributed by atoms with E-state index in [1.54, 1.807) is 6.92 Å². The highest BCUT2D eigenvalue weighted by Gasteiger charge is 2.19. The van der Waals surface area contributed by atoms with Crippen molar-refractivity contribution in [2.75, 3.05) is 11.8 Å². The van der Waals surface area contributed by atoms with Gasteiger partial charge in [0, 0.05) is 0 Å². The van der Waals surface area contributed by atoms with Gasteiger partial charge in [-0.2, -0.15) is 0 Å². The molecule has 2 aromatic carbocycles. The van der Waals surface area contributed by atoms with Crippen LogP contribution in [-0.4, -0.2) is 23.9 Å². The van der Waals surface area contributed by atoms with Crippen LogP contribution >= 0.6 is 0 Å². The Hall–Kier alpha value is -2.04. The summed E-state index contributed by atoms with van der Waals surface area (Å²) in [5, 5.41) is 0. The van der Waals surface area contributed by atoms with Crippen molar-refractivity contribution in [3.63, 3.8) is 0 Å². The number of halogens is 2. The van der Waals surface area contributed by atoms with Crippen LogP contribution in [-0.2, 0) is 20.0 Å². The van der Waals surface area contributed by atoms with Crippen LogP contribution in [0.5, 0.6) is 0 Å². The highest BCUT2D eigenvalue weighted by atomic mass is 32.2. The fourth-order valence-corrected chi connectivity index (χ4v) is 3.98. The molecule has 2 aromatic rings. The molecule has 0 aliphatic carbocycles. The number of anilines is 1. The fourth-order valence-electron chi connectivity index (χ4n) is 1.92. The average molecular weight is 376 g/mol. The summed E-state index contributed by atoms with van der Waals surface area (Å²) in [5.74, 6) is -2.48. The Balaban J connectivity index is 2.43. The van der Waals surface area contributed by atoms with Crippen LogP contribution in [0.4, 0.5) is 14.5 Å². The summed E-state index contributed by atoms with van der Waals surface area (Å²) in [4.78, 5) is -0.588. The second kappa shape index (κ2) is 6.46. The summed E-state index contributed by atoms with van der Waals surface area (Å²) in [5.41, 5.74) is 0.388. The third-order valence-corrected chi connectivity index (χ3v) is 6.14. The highest BCUT2D eigenvalue weighted by molar-refractivity contribution is 7.92. The van der Waals surface area contributed by atoms with Crippen molar-refractivity contribution >= 4 is 25.7 Å². The minimum absolute atomic E-state index is 0.0286. The number of hydrogen-bond acceptors (Lipinski definition) is 4. The summed E-state index contributed by atoms with van der Waals surface area (Å²) in [7, 11) is -6.76. The quantitative estimate of drug-likeness (QED) is 0.835. The number of sulfonamides is 2. The Bertz CT molecular complexity index is 990. The van der Waals surface area contributed by atoms with Gasteiger partial charge in [0.1, 0.15) is 0 Å². The number of benzene rings is 2. The third-order valence-electron chi connectivity index (χ3n) is 3.20. The van der Waals surface area contributed by atoms with Gasteiger partial charge in [0.15, 0.2) is 11.6 Å². The van der Waals surface area contributed by atoms with Gasteiger partial charge in [-0.1, -0.05) is 6.07 Å². The molecule has 0 spiro atoms. The number of hydrogen-bond donors (Lipinski definition) is 2. The maximum absolute atomic E-state index is 13.2. The first-order chi connectivity index (χ1) is 11.1. The molecule has 0 radical (unpaired) electrons. The van der Waals surface area contributed by atoms with E-state index in [4.69, 9.17) is 0 Å². The second-order valence-electron chi connectivity index (χ2n) is 4.87. The Kier molecular flexibility index (Phi) is 4.92. The van der Waals surface area contributed by atoms with Crippen LogP contribution < -0.4 is 9.44 Å². The van der Waals surface area contributed by atoms with Crippen LogP contribution in [0.25, 0.3) is 0 Å². The van der Waals surface area contributed by atoms with Crippen molar-refractivity contribution in [1.82, 2.24) is 4.72 Å². The average Bonchev–Trinajstić information content (AvgIpc) is 2.51. The molecule has 0 aliphatic rings. The molecule has 6 nitrogen and oxygen atoms in total. The first-order valence-electron chi connectivity index (χ1n) is 6.59. The molecular formula is C14H14F2N2O4S2. The SMILES string of the molecule is CNS(=O)(=O)c1cc(NS(=O)(=O)c2ccc(F)c(F)c2)ccc1C. The second-order valence-corrected chi connectivity index (χ2v) is 8.41. The maximum atomic E-state index is 13.2. The Morgan fingerprint density at radius 2 is 1.54 bits per heavy atom. The molecule has 0 saturated heterocycles. The normalized spacial score (nSPS) is 12.2. The van der Waals surface area contributed by atoms with Crippen LogP contribution in [0.2, 0.25) is 0 Å². The molecule has 0 fully saturated rings. The van der Waals surface area contributed by atoms with Crippen molar-refractivity contribution in [2.45, 2.75) is 16.7 Å². The Labute approximate surface area is 138 Å². The zero-order valence-electron chi connectivity index (χ0n) is 12.7. The zero-order valence-corrected chi connectivity index (χ0v) is 14.3. The molecule has 0 saturated carbocycles.